The molecule has 2 aromatic heterocycles. The molecule has 0 radical (unpaired) electrons. The third-order valence-corrected chi connectivity index (χ3v) is 5.30. The van der Waals surface area contributed by atoms with Crippen LogP contribution in [0.4, 0.5) is 5.13 Å². The molecule has 1 aromatic carbocycles. The number of anilines is 1. The van der Waals surface area contributed by atoms with Crippen LogP contribution >= 0.6 is 11.3 Å². The molecule has 2 N–H and O–H groups in total. The van der Waals surface area contributed by atoms with Crippen molar-refractivity contribution in [2.24, 2.45) is 0 Å². The summed E-state index contributed by atoms with van der Waals surface area (Å²) < 4.78 is 5.18. The van der Waals surface area contributed by atoms with E-state index in [1.165, 1.54) is 11.3 Å². The average molecular weight is 413 g/mol. The van der Waals surface area contributed by atoms with Gasteiger partial charge in [-0.25, -0.2) is 9.97 Å². The van der Waals surface area contributed by atoms with Crippen molar-refractivity contribution in [2.45, 2.75) is 40.0 Å². The van der Waals surface area contributed by atoms with Crippen LogP contribution in [0.25, 0.3) is 11.3 Å². The van der Waals surface area contributed by atoms with Crippen molar-refractivity contribution in [2.75, 3.05) is 12.4 Å². The number of aromatic amines is 1. The number of rotatable bonds is 4. The lowest BCUT2D eigenvalue weighted by Crippen LogP contribution is -2.30. The van der Waals surface area contributed by atoms with E-state index < -0.39 is 11.5 Å². The molecule has 0 saturated carbocycles. The first-order valence-electron chi connectivity index (χ1n) is 9.14. The number of amides is 1. The minimum absolute atomic E-state index is 0.00292. The summed E-state index contributed by atoms with van der Waals surface area (Å²) in [6.45, 7) is 9.44. The van der Waals surface area contributed by atoms with Crippen molar-refractivity contribution in [1.29, 1.82) is 0 Å². The predicted molar refractivity (Wildman–Crippen MR) is 115 cm³/mol. The molecule has 0 fully saturated rings. The Labute approximate surface area is 173 Å². The number of aryl methyl sites for hydroxylation is 2. The number of hydrogen-bond acceptors (Lipinski definition) is 6. The predicted octanol–water partition coefficient (Wildman–Crippen LogP) is 4.07. The second-order valence-electron chi connectivity index (χ2n) is 7.73. The van der Waals surface area contributed by atoms with Crippen LogP contribution in [0.1, 0.15) is 47.5 Å². The molecular formula is C21H24N4O3S. The first-order chi connectivity index (χ1) is 13.6. The number of aromatic nitrogens is 3. The van der Waals surface area contributed by atoms with E-state index in [9.17, 15) is 9.59 Å². The fourth-order valence-corrected chi connectivity index (χ4v) is 3.67. The third kappa shape index (κ3) is 4.37. The van der Waals surface area contributed by atoms with Crippen molar-refractivity contribution >= 4 is 22.4 Å². The lowest BCUT2D eigenvalue weighted by Gasteiger charge is -2.18. The molecule has 3 rings (SSSR count). The van der Waals surface area contributed by atoms with Crippen LogP contribution in [-0.4, -0.2) is 28.0 Å². The highest BCUT2D eigenvalue weighted by Crippen LogP contribution is 2.31. The van der Waals surface area contributed by atoms with Gasteiger partial charge in [-0.2, -0.15) is 0 Å². The molecule has 0 unspecified atom stereocenters. The van der Waals surface area contributed by atoms with Gasteiger partial charge in [0.25, 0.3) is 11.5 Å². The molecule has 0 bridgehead atoms. The van der Waals surface area contributed by atoms with Crippen LogP contribution in [-0.2, 0) is 5.41 Å². The lowest BCUT2D eigenvalue weighted by atomic mass is 9.95. The molecule has 8 heteroatoms. The van der Waals surface area contributed by atoms with Gasteiger partial charge in [-0.05, 0) is 38.1 Å². The summed E-state index contributed by atoms with van der Waals surface area (Å²) >= 11 is 1.35. The lowest BCUT2D eigenvalue weighted by molar-refractivity contribution is 0.102. The molecule has 7 nitrogen and oxygen atoms in total. The molecule has 0 aliphatic carbocycles. The first-order valence-corrected chi connectivity index (χ1v) is 9.96. The quantitative estimate of drug-likeness (QED) is 0.673. The summed E-state index contributed by atoms with van der Waals surface area (Å²) in [7, 11) is 1.61. The molecule has 0 spiro atoms. The van der Waals surface area contributed by atoms with E-state index in [4.69, 9.17) is 4.74 Å². The molecule has 152 valence electrons. The van der Waals surface area contributed by atoms with E-state index >= 15 is 0 Å². The van der Waals surface area contributed by atoms with E-state index in [1.807, 2.05) is 52.0 Å². The molecule has 1 amide bonds. The summed E-state index contributed by atoms with van der Waals surface area (Å²) in [6.07, 6.45) is 0. The Kier molecular flexibility index (Phi) is 5.57. The van der Waals surface area contributed by atoms with Crippen LogP contribution in [0.2, 0.25) is 0 Å². The Hall–Kier alpha value is -3.00. The van der Waals surface area contributed by atoms with E-state index in [0.717, 1.165) is 21.9 Å². The second kappa shape index (κ2) is 7.79. The van der Waals surface area contributed by atoms with Gasteiger partial charge in [0.15, 0.2) is 5.13 Å². The number of thiazole rings is 1. The van der Waals surface area contributed by atoms with Gasteiger partial charge < -0.3 is 9.72 Å². The number of ether oxygens (including phenoxy) is 1. The largest absolute Gasteiger partial charge is 0.497 e. The van der Waals surface area contributed by atoms with Crippen molar-refractivity contribution < 1.29 is 9.53 Å². The van der Waals surface area contributed by atoms with Gasteiger partial charge in [0, 0.05) is 15.9 Å². The van der Waals surface area contributed by atoms with Gasteiger partial charge in [0.2, 0.25) is 0 Å². The van der Waals surface area contributed by atoms with Crippen LogP contribution < -0.4 is 15.6 Å². The molecule has 2 heterocycles. The molecule has 3 aromatic rings. The maximum absolute atomic E-state index is 12.7. The number of nitrogens with zero attached hydrogens (tertiary/aromatic N) is 2. The van der Waals surface area contributed by atoms with Crippen LogP contribution in [0.5, 0.6) is 5.75 Å². The van der Waals surface area contributed by atoms with Crippen LogP contribution in [0.15, 0.2) is 29.1 Å². The van der Waals surface area contributed by atoms with E-state index in [2.05, 4.69) is 20.3 Å². The molecular weight excluding hydrogens is 388 g/mol. The molecule has 29 heavy (non-hydrogen) atoms. The maximum atomic E-state index is 12.7. The monoisotopic (exact) mass is 412 g/mol. The van der Waals surface area contributed by atoms with Gasteiger partial charge in [-0.3, -0.25) is 14.9 Å². The van der Waals surface area contributed by atoms with Crippen LogP contribution in [0, 0.1) is 13.8 Å². The standard InChI is InChI=1S/C21H24N4O3S/c1-11-15(17(26)24-19(22-11)21(3,4)5)18(27)25-20-23-16(12(2)29-20)13-7-9-14(28-6)10-8-13/h7-10H,1-6H3,(H,22,24,26)(H,23,25,27). The normalized spacial score (nSPS) is 11.4. The van der Waals surface area contributed by atoms with Crippen molar-refractivity contribution in [3.05, 3.63) is 56.6 Å². The Morgan fingerprint density at radius 2 is 1.79 bits per heavy atom. The zero-order chi connectivity index (χ0) is 21.3. The van der Waals surface area contributed by atoms with Crippen molar-refractivity contribution in [3.63, 3.8) is 0 Å². The SMILES string of the molecule is COc1ccc(-c2nc(NC(=O)c3c(C)nc(C(C)(C)C)[nH]c3=O)sc2C)cc1. The summed E-state index contributed by atoms with van der Waals surface area (Å²) in [5.74, 6) is 0.784. The number of carbonyl (C=O) groups is 1. The van der Waals surface area contributed by atoms with Gasteiger partial charge in [0.1, 0.15) is 17.1 Å². The van der Waals surface area contributed by atoms with Crippen molar-refractivity contribution in [3.8, 4) is 17.0 Å². The highest BCUT2D eigenvalue weighted by atomic mass is 32.1. The number of H-pyrrole nitrogens is 1. The minimum Gasteiger partial charge on any atom is -0.497 e. The minimum atomic E-state index is -0.522. The smallest absolute Gasteiger partial charge is 0.264 e. The number of hydrogen-bond donors (Lipinski definition) is 2. The van der Waals surface area contributed by atoms with Gasteiger partial charge in [0.05, 0.1) is 18.5 Å². The van der Waals surface area contributed by atoms with Crippen molar-refractivity contribution in [1.82, 2.24) is 15.0 Å². The molecule has 0 saturated heterocycles. The van der Waals surface area contributed by atoms with Gasteiger partial charge >= 0.3 is 0 Å². The first kappa shape index (κ1) is 20.7. The fraction of sp³-hybridized carbons (Fsp3) is 0.333. The Morgan fingerprint density at radius 1 is 1.14 bits per heavy atom. The molecule has 0 aliphatic rings. The topological polar surface area (TPSA) is 97.0 Å². The zero-order valence-corrected chi connectivity index (χ0v) is 18.2. The third-order valence-electron chi connectivity index (χ3n) is 4.42. The van der Waals surface area contributed by atoms with E-state index in [0.29, 0.717) is 16.6 Å². The highest BCUT2D eigenvalue weighted by molar-refractivity contribution is 7.16. The number of carbonyl (C=O) groups excluding carboxylic acids is 1. The Bertz CT molecular complexity index is 1110. The number of methoxy groups -OCH3 is 1. The summed E-state index contributed by atoms with van der Waals surface area (Å²) in [6, 6.07) is 7.54. The fourth-order valence-electron chi connectivity index (χ4n) is 2.83. The summed E-state index contributed by atoms with van der Waals surface area (Å²) in [5.41, 5.74) is 1.31. The second-order valence-corrected chi connectivity index (χ2v) is 8.93. The number of benzene rings is 1. The molecule has 0 atom stereocenters. The summed E-state index contributed by atoms with van der Waals surface area (Å²) in [4.78, 5) is 37.9. The van der Waals surface area contributed by atoms with Gasteiger partial charge in [-0.15, -0.1) is 11.3 Å². The molecule has 0 aliphatic heterocycles. The van der Waals surface area contributed by atoms with Gasteiger partial charge in [-0.1, -0.05) is 20.8 Å². The summed E-state index contributed by atoms with van der Waals surface area (Å²) in [5, 5.41) is 3.16. The highest BCUT2D eigenvalue weighted by Gasteiger charge is 2.23. The number of nitrogens with one attached hydrogen (secondary N) is 2. The van der Waals surface area contributed by atoms with Crippen LogP contribution in [0.3, 0.4) is 0 Å². The zero-order valence-electron chi connectivity index (χ0n) is 17.3. The Balaban J connectivity index is 1.87. The Morgan fingerprint density at radius 3 is 2.34 bits per heavy atom. The van der Waals surface area contributed by atoms with E-state index in [-0.39, 0.29) is 11.0 Å². The van der Waals surface area contributed by atoms with E-state index in [1.54, 1.807) is 14.0 Å². The maximum Gasteiger partial charge on any atom is 0.264 e. The average Bonchev–Trinajstić information content (AvgIpc) is 3.00.